The average Bonchev–Trinajstić information content (AvgIpc) is 2.28. The minimum Gasteiger partial charge on any atom is -0.477 e. The Hall–Kier alpha value is -2.01. The van der Waals surface area contributed by atoms with Gasteiger partial charge in [0.15, 0.2) is 15.7 Å². The third kappa shape index (κ3) is 3.26. The van der Waals surface area contributed by atoms with Crippen molar-refractivity contribution in [2.45, 2.75) is 17.7 Å². The van der Waals surface area contributed by atoms with Crippen LogP contribution in [-0.4, -0.2) is 25.2 Å². The van der Waals surface area contributed by atoms with Crippen LogP contribution in [0.1, 0.15) is 23.2 Å². The average molecular weight is 289 g/mol. The van der Waals surface area contributed by atoms with Crippen molar-refractivity contribution in [3.8, 4) is 6.07 Å². The van der Waals surface area contributed by atoms with Crippen LogP contribution in [0.5, 0.6) is 0 Å². The van der Waals surface area contributed by atoms with Gasteiger partial charge in [0, 0.05) is 6.42 Å². The molecule has 0 unspecified atom stereocenters. The number of unbranched alkanes of at least 4 members (excludes halogenated alkanes) is 1. The molecular formula is C11H9F2NO4S. The Morgan fingerprint density at radius 1 is 1.37 bits per heavy atom. The summed E-state index contributed by atoms with van der Waals surface area (Å²) in [6.45, 7) is 0. The molecule has 0 aromatic heterocycles. The molecule has 0 fully saturated rings. The van der Waals surface area contributed by atoms with Crippen LogP contribution in [0.25, 0.3) is 0 Å². The monoisotopic (exact) mass is 289 g/mol. The lowest BCUT2D eigenvalue weighted by Crippen LogP contribution is -2.13. The second kappa shape index (κ2) is 5.75. The van der Waals surface area contributed by atoms with Gasteiger partial charge in [-0.2, -0.15) is 5.26 Å². The number of nitrogens with zero attached hydrogens (tertiary/aromatic N) is 1. The number of aromatic carboxylic acids is 1. The first-order chi connectivity index (χ1) is 8.81. The summed E-state index contributed by atoms with van der Waals surface area (Å²) in [5.41, 5.74) is -1.30. The molecule has 1 rings (SSSR count). The predicted octanol–water partition coefficient (Wildman–Crippen LogP) is 1.74. The highest BCUT2D eigenvalue weighted by Gasteiger charge is 2.26. The number of halogens is 2. The van der Waals surface area contributed by atoms with Crippen molar-refractivity contribution >= 4 is 15.8 Å². The lowest BCUT2D eigenvalue weighted by molar-refractivity contribution is 0.0685. The van der Waals surface area contributed by atoms with E-state index in [4.69, 9.17) is 10.4 Å². The molecule has 0 aliphatic heterocycles. The molecule has 0 radical (unpaired) electrons. The number of carboxylic acid groups (broad SMARTS) is 1. The Labute approximate surface area is 108 Å². The van der Waals surface area contributed by atoms with Crippen molar-refractivity contribution in [1.29, 1.82) is 5.26 Å². The van der Waals surface area contributed by atoms with Gasteiger partial charge in [-0.05, 0) is 18.6 Å². The van der Waals surface area contributed by atoms with E-state index in [1.165, 1.54) is 0 Å². The normalized spacial score (nSPS) is 11.0. The lowest BCUT2D eigenvalue weighted by Gasteiger charge is -2.07. The lowest BCUT2D eigenvalue weighted by atomic mass is 10.2. The first-order valence-electron chi connectivity index (χ1n) is 5.12. The Morgan fingerprint density at radius 2 is 2.00 bits per heavy atom. The smallest absolute Gasteiger partial charge is 0.341 e. The number of hydrogen-bond acceptors (Lipinski definition) is 4. The van der Waals surface area contributed by atoms with E-state index < -0.39 is 43.7 Å². The number of rotatable bonds is 5. The minimum absolute atomic E-state index is 0.0158. The van der Waals surface area contributed by atoms with E-state index in [1.807, 2.05) is 0 Å². The largest absolute Gasteiger partial charge is 0.477 e. The van der Waals surface area contributed by atoms with E-state index in [2.05, 4.69) is 0 Å². The maximum atomic E-state index is 13.7. The first kappa shape index (κ1) is 15.0. The summed E-state index contributed by atoms with van der Waals surface area (Å²) in [7, 11) is -4.09. The van der Waals surface area contributed by atoms with E-state index in [0.29, 0.717) is 12.1 Å². The molecule has 0 spiro atoms. The van der Waals surface area contributed by atoms with Crippen LogP contribution >= 0.6 is 0 Å². The Morgan fingerprint density at radius 3 is 2.53 bits per heavy atom. The summed E-state index contributed by atoms with van der Waals surface area (Å²) >= 11 is 0. The molecule has 0 heterocycles. The van der Waals surface area contributed by atoms with Crippen molar-refractivity contribution in [1.82, 2.24) is 0 Å². The number of benzene rings is 1. The standard InChI is InChI=1S/C11H9F2NO4S/c12-7-3-4-8(10(13)9(7)11(15)16)19(17,18)6-2-1-5-14/h3-4H,1-2,6H2,(H,15,16). The number of sulfone groups is 1. The van der Waals surface area contributed by atoms with Crippen LogP contribution in [0, 0.1) is 23.0 Å². The van der Waals surface area contributed by atoms with Gasteiger partial charge in [0.2, 0.25) is 0 Å². The Kier molecular flexibility index (Phi) is 4.56. The molecule has 0 saturated carbocycles. The van der Waals surface area contributed by atoms with Crippen molar-refractivity contribution in [2.24, 2.45) is 0 Å². The molecule has 1 N–H and O–H groups in total. The Balaban J connectivity index is 3.26. The highest BCUT2D eigenvalue weighted by molar-refractivity contribution is 7.91. The van der Waals surface area contributed by atoms with Gasteiger partial charge in [0.05, 0.1) is 11.8 Å². The van der Waals surface area contributed by atoms with Crippen LogP contribution in [-0.2, 0) is 9.84 Å². The zero-order valence-electron chi connectivity index (χ0n) is 9.56. The quantitative estimate of drug-likeness (QED) is 0.658. The van der Waals surface area contributed by atoms with Gasteiger partial charge in [0.25, 0.3) is 0 Å². The molecule has 0 amide bonds. The highest BCUT2D eigenvalue weighted by atomic mass is 32.2. The highest BCUT2D eigenvalue weighted by Crippen LogP contribution is 2.22. The summed E-state index contributed by atoms with van der Waals surface area (Å²) in [5.74, 6) is -5.36. The van der Waals surface area contributed by atoms with Gasteiger partial charge in [0.1, 0.15) is 16.3 Å². The summed E-state index contributed by atoms with van der Waals surface area (Å²) in [4.78, 5) is 9.79. The predicted molar refractivity (Wildman–Crippen MR) is 60.2 cm³/mol. The third-order valence-electron chi connectivity index (χ3n) is 2.31. The fourth-order valence-corrected chi connectivity index (χ4v) is 2.82. The van der Waals surface area contributed by atoms with E-state index in [1.54, 1.807) is 6.07 Å². The van der Waals surface area contributed by atoms with Gasteiger partial charge >= 0.3 is 5.97 Å². The molecule has 5 nitrogen and oxygen atoms in total. The number of carboxylic acids is 1. The fourth-order valence-electron chi connectivity index (χ4n) is 1.42. The number of carbonyl (C=O) groups is 1. The van der Waals surface area contributed by atoms with Crippen molar-refractivity contribution in [3.63, 3.8) is 0 Å². The van der Waals surface area contributed by atoms with Crippen molar-refractivity contribution in [3.05, 3.63) is 29.3 Å². The second-order valence-corrected chi connectivity index (χ2v) is 5.70. The zero-order valence-corrected chi connectivity index (χ0v) is 10.4. The molecule has 0 atom stereocenters. The van der Waals surface area contributed by atoms with Gasteiger partial charge in [-0.3, -0.25) is 0 Å². The first-order valence-corrected chi connectivity index (χ1v) is 6.77. The van der Waals surface area contributed by atoms with Crippen LogP contribution in [0.4, 0.5) is 8.78 Å². The molecule has 1 aromatic carbocycles. The zero-order chi connectivity index (χ0) is 14.6. The third-order valence-corrected chi connectivity index (χ3v) is 4.12. The Bertz CT molecular complexity index is 649. The van der Waals surface area contributed by atoms with Crippen LogP contribution in [0.15, 0.2) is 17.0 Å². The van der Waals surface area contributed by atoms with Crippen molar-refractivity contribution in [2.75, 3.05) is 5.75 Å². The molecule has 0 aliphatic carbocycles. The van der Waals surface area contributed by atoms with E-state index in [-0.39, 0.29) is 12.8 Å². The molecule has 19 heavy (non-hydrogen) atoms. The van der Waals surface area contributed by atoms with Crippen LogP contribution < -0.4 is 0 Å². The van der Waals surface area contributed by atoms with Crippen molar-refractivity contribution < 1.29 is 27.1 Å². The maximum absolute atomic E-state index is 13.7. The molecule has 0 saturated heterocycles. The molecule has 0 bridgehead atoms. The topological polar surface area (TPSA) is 95.2 Å². The molecule has 102 valence electrons. The van der Waals surface area contributed by atoms with Crippen LogP contribution in [0.2, 0.25) is 0 Å². The molecule has 0 aliphatic rings. The molecule has 8 heteroatoms. The molecular weight excluding hydrogens is 280 g/mol. The van der Waals surface area contributed by atoms with E-state index in [0.717, 1.165) is 0 Å². The van der Waals surface area contributed by atoms with Crippen LogP contribution in [0.3, 0.4) is 0 Å². The minimum atomic E-state index is -4.09. The summed E-state index contributed by atoms with van der Waals surface area (Å²) in [5, 5.41) is 16.9. The fraction of sp³-hybridized carbons (Fsp3) is 0.273. The van der Waals surface area contributed by atoms with E-state index in [9.17, 15) is 22.0 Å². The summed E-state index contributed by atoms with van der Waals surface area (Å²) < 4.78 is 50.3. The van der Waals surface area contributed by atoms with Gasteiger partial charge in [-0.25, -0.2) is 22.0 Å². The summed E-state index contributed by atoms with van der Waals surface area (Å²) in [6, 6.07) is 3.00. The SMILES string of the molecule is N#CCCCS(=O)(=O)c1ccc(F)c(C(=O)O)c1F. The maximum Gasteiger partial charge on any atom is 0.341 e. The van der Waals surface area contributed by atoms with E-state index >= 15 is 0 Å². The van der Waals surface area contributed by atoms with Gasteiger partial charge in [-0.1, -0.05) is 0 Å². The summed E-state index contributed by atoms with van der Waals surface area (Å²) in [6.07, 6.45) is -0.0497. The van der Waals surface area contributed by atoms with Gasteiger partial charge in [-0.15, -0.1) is 0 Å². The number of hydrogen-bond donors (Lipinski definition) is 1. The second-order valence-electron chi connectivity index (χ2n) is 3.62. The van der Waals surface area contributed by atoms with Gasteiger partial charge < -0.3 is 5.11 Å². The number of nitriles is 1. The molecule has 1 aromatic rings.